The van der Waals surface area contributed by atoms with Gasteiger partial charge in [-0.1, -0.05) is 0 Å². The Balaban J connectivity index is 1.75. The van der Waals surface area contributed by atoms with Crippen LogP contribution in [0.3, 0.4) is 0 Å². The van der Waals surface area contributed by atoms with Gasteiger partial charge in [0, 0.05) is 23.7 Å². The summed E-state index contributed by atoms with van der Waals surface area (Å²) in [5.41, 5.74) is 9.04. The third kappa shape index (κ3) is 8.93. The molecular formula is C26H30F3N9O6. The molecule has 0 aliphatic rings. The van der Waals surface area contributed by atoms with Crippen molar-refractivity contribution in [1.82, 2.24) is 30.6 Å². The summed E-state index contributed by atoms with van der Waals surface area (Å²) in [6, 6.07) is 2.68. The standard InChI is InChI=1S/C26H30F3N9O6/c1-13(3-2-10-30)33-18(39)9-8-17(23(42)43)35-21(40)14-4-6-16(7-5-14)38(24(44)26(27,28)29)12-15-11-32-20-19(34-15)22(41)37-25(31)36-20/h4-7,11,13,17H,2-3,8-10,12,30H2,1H3,(H,33,39)(H,35,40)(H,42,43)(H3,31,32,36,37,41)/t13-,17+/m0/s1. The molecule has 18 heteroatoms. The molecule has 0 aliphatic carbocycles. The lowest BCUT2D eigenvalue weighted by Crippen LogP contribution is -2.42. The molecule has 8 N–H and O–H groups in total. The SMILES string of the molecule is C[C@@H](CCCN)NC(=O)CC[C@@H](NC(=O)c1ccc(N(Cc2cnc3nc(N)[nH]c(=O)c3n2)C(=O)C(F)(F)F)cc1)C(=O)O. The predicted molar refractivity (Wildman–Crippen MR) is 150 cm³/mol. The molecule has 0 radical (unpaired) electrons. The number of halogens is 3. The molecule has 0 spiro atoms. The zero-order valence-corrected chi connectivity index (χ0v) is 23.3. The van der Waals surface area contributed by atoms with Gasteiger partial charge in [-0.2, -0.15) is 18.2 Å². The van der Waals surface area contributed by atoms with Gasteiger partial charge >= 0.3 is 18.1 Å². The quantitative estimate of drug-likeness (QED) is 0.154. The Kier molecular flexibility index (Phi) is 10.9. The van der Waals surface area contributed by atoms with Gasteiger partial charge in [0.1, 0.15) is 6.04 Å². The second-order valence-corrected chi connectivity index (χ2v) is 9.72. The zero-order valence-electron chi connectivity index (χ0n) is 23.3. The minimum atomic E-state index is -5.29. The van der Waals surface area contributed by atoms with Gasteiger partial charge < -0.3 is 27.2 Å². The molecule has 0 saturated carbocycles. The Morgan fingerprint density at radius 3 is 2.39 bits per heavy atom. The van der Waals surface area contributed by atoms with Crippen LogP contribution in [0.1, 0.15) is 48.7 Å². The number of nitrogen functional groups attached to an aromatic ring is 1. The number of aliphatic carboxylic acids is 1. The first-order valence-electron chi connectivity index (χ1n) is 13.2. The summed E-state index contributed by atoms with van der Waals surface area (Å²) < 4.78 is 40.4. The number of aromatic nitrogens is 4. The summed E-state index contributed by atoms with van der Waals surface area (Å²) in [5, 5.41) is 14.5. The lowest BCUT2D eigenvalue weighted by molar-refractivity contribution is -0.170. The van der Waals surface area contributed by atoms with Crippen LogP contribution < -0.4 is 32.6 Å². The van der Waals surface area contributed by atoms with Crippen molar-refractivity contribution >= 4 is 46.5 Å². The highest BCUT2D eigenvalue weighted by Crippen LogP contribution is 2.26. The van der Waals surface area contributed by atoms with E-state index in [0.29, 0.717) is 24.3 Å². The molecule has 0 aliphatic heterocycles. The fourth-order valence-corrected chi connectivity index (χ4v) is 4.05. The van der Waals surface area contributed by atoms with E-state index in [4.69, 9.17) is 11.5 Å². The van der Waals surface area contributed by atoms with Crippen molar-refractivity contribution in [3.63, 3.8) is 0 Å². The normalized spacial score (nSPS) is 12.8. The van der Waals surface area contributed by atoms with Gasteiger partial charge in [-0.3, -0.25) is 29.1 Å². The molecule has 3 amide bonds. The number of carboxylic acid groups (broad SMARTS) is 1. The predicted octanol–water partition coefficient (Wildman–Crippen LogP) is 0.598. The van der Waals surface area contributed by atoms with Gasteiger partial charge in [-0.25, -0.2) is 14.8 Å². The number of benzene rings is 1. The Labute approximate surface area is 247 Å². The average Bonchev–Trinajstić information content (AvgIpc) is 2.96. The minimum Gasteiger partial charge on any atom is -0.480 e. The number of nitrogens with zero attached hydrogens (tertiary/aromatic N) is 4. The van der Waals surface area contributed by atoms with E-state index in [0.717, 1.165) is 30.5 Å². The van der Waals surface area contributed by atoms with Crippen LogP contribution >= 0.6 is 0 Å². The molecular weight excluding hydrogens is 591 g/mol. The molecule has 2 heterocycles. The second-order valence-electron chi connectivity index (χ2n) is 9.72. The Morgan fingerprint density at radius 2 is 1.77 bits per heavy atom. The first-order valence-corrected chi connectivity index (χ1v) is 13.2. The average molecular weight is 622 g/mol. The van der Waals surface area contributed by atoms with E-state index >= 15 is 0 Å². The fraction of sp³-hybridized carbons (Fsp3) is 0.385. The van der Waals surface area contributed by atoms with Crippen LogP contribution in [0.2, 0.25) is 0 Å². The molecule has 0 bridgehead atoms. The van der Waals surface area contributed by atoms with Crippen molar-refractivity contribution in [3.05, 3.63) is 52.1 Å². The molecule has 3 rings (SSSR count). The Morgan fingerprint density at radius 1 is 1.09 bits per heavy atom. The van der Waals surface area contributed by atoms with Crippen molar-refractivity contribution in [2.24, 2.45) is 5.73 Å². The van der Waals surface area contributed by atoms with E-state index in [9.17, 15) is 42.3 Å². The monoisotopic (exact) mass is 621 g/mol. The van der Waals surface area contributed by atoms with Crippen LogP contribution in [0.4, 0.5) is 24.8 Å². The molecule has 44 heavy (non-hydrogen) atoms. The topological polar surface area (TPSA) is 239 Å². The first-order chi connectivity index (χ1) is 20.7. The number of H-pyrrole nitrogens is 1. The number of hydrogen-bond acceptors (Lipinski definition) is 10. The molecule has 1 aromatic carbocycles. The number of nitrogens with one attached hydrogen (secondary N) is 3. The minimum absolute atomic E-state index is 0.125. The molecule has 0 unspecified atom stereocenters. The van der Waals surface area contributed by atoms with Gasteiger partial charge in [0.05, 0.1) is 18.4 Å². The molecule has 2 aromatic heterocycles. The third-order valence-electron chi connectivity index (χ3n) is 6.25. The van der Waals surface area contributed by atoms with Gasteiger partial charge in [0.25, 0.3) is 11.5 Å². The number of anilines is 2. The summed E-state index contributed by atoms with van der Waals surface area (Å²) >= 11 is 0. The highest BCUT2D eigenvalue weighted by Gasteiger charge is 2.43. The van der Waals surface area contributed by atoms with Gasteiger partial charge in [0.15, 0.2) is 11.2 Å². The highest BCUT2D eigenvalue weighted by atomic mass is 19.4. The summed E-state index contributed by atoms with van der Waals surface area (Å²) in [6.07, 6.45) is -3.34. The number of carboxylic acids is 1. The number of amides is 3. The maximum Gasteiger partial charge on any atom is 0.471 e. The maximum atomic E-state index is 13.5. The number of fused-ring (bicyclic) bond motifs is 1. The van der Waals surface area contributed by atoms with E-state index in [-0.39, 0.29) is 52.9 Å². The first kappa shape index (κ1) is 33.4. The molecule has 0 saturated heterocycles. The number of alkyl halides is 3. The van der Waals surface area contributed by atoms with Crippen molar-refractivity contribution in [3.8, 4) is 0 Å². The zero-order chi connectivity index (χ0) is 32.6. The van der Waals surface area contributed by atoms with Crippen LogP contribution in [0.5, 0.6) is 0 Å². The maximum absolute atomic E-state index is 13.5. The molecule has 0 fully saturated rings. The Bertz CT molecular complexity index is 1580. The third-order valence-corrected chi connectivity index (χ3v) is 6.25. The van der Waals surface area contributed by atoms with Crippen LogP contribution in [-0.4, -0.2) is 73.5 Å². The number of carbonyl (C=O) groups is 4. The lowest BCUT2D eigenvalue weighted by Gasteiger charge is -2.24. The molecule has 236 valence electrons. The summed E-state index contributed by atoms with van der Waals surface area (Å²) in [4.78, 5) is 75.1. The van der Waals surface area contributed by atoms with Crippen molar-refractivity contribution < 1.29 is 37.5 Å². The second kappa shape index (κ2) is 14.4. The van der Waals surface area contributed by atoms with E-state index in [1.54, 1.807) is 6.92 Å². The molecule has 15 nitrogen and oxygen atoms in total. The largest absolute Gasteiger partial charge is 0.480 e. The smallest absolute Gasteiger partial charge is 0.471 e. The fourth-order valence-electron chi connectivity index (χ4n) is 4.05. The number of aromatic amines is 1. The van der Waals surface area contributed by atoms with Crippen molar-refractivity contribution in [2.45, 2.75) is 57.4 Å². The van der Waals surface area contributed by atoms with Crippen LogP contribution in [0.15, 0.2) is 35.3 Å². The number of nitrogens with two attached hydrogens (primary N) is 2. The van der Waals surface area contributed by atoms with E-state index in [1.165, 1.54) is 0 Å². The van der Waals surface area contributed by atoms with E-state index in [2.05, 4.69) is 30.6 Å². The van der Waals surface area contributed by atoms with Crippen molar-refractivity contribution in [1.29, 1.82) is 0 Å². The van der Waals surface area contributed by atoms with Gasteiger partial charge in [-0.15, -0.1) is 0 Å². The van der Waals surface area contributed by atoms with Crippen LogP contribution in [0, 0.1) is 0 Å². The van der Waals surface area contributed by atoms with Crippen LogP contribution in [0.25, 0.3) is 11.2 Å². The summed E-state index contributed by atoms with van der Waals surface area (Å²) in [7, 11) is 0. The Hall–Kier alpha value is -5.13. The van der Waals surface area contributed by atoms with Crippen LogP contribution in [-0.2, 0) is 20.9 Å². The van der Waals surface area contributed by atoms with Gasteiger partial charge in [-0.05, 0) is 57.0 Å². The number of rotatable bonds is 13. The highest BCUT2D eigenvalue weighted by molar-refractivity contribution is 5.99. The summed E-state index contributed by atoms with van der Waals surface area (Å²) in [6.45, 7) is 1.48. The van der Waals surface area contributed by atoms with E-state index in [1.807, 2.05) is 0 Å². The van der Waals surface area contributed by atoms with Gasteiger partial charge in [0.2, 0.25) is 11.9 Å². The molecule has 3 aromatic rings. The molecule has 2 atom stereocenters. The van der Waals surface area contributed by atoms with E-state index < -0.39 is 48.0 Å². The number of carbonyl (C=O) groups excluding carboxylic acids is 3. The summed E-state index contributed by atoms with van der Waals surface area (Å²) in [5.74, 6) is -5.18. The number of hydrogen-bond donors (Lipinski definition) is 6. The van der Waals surface area contributed by atoms with Crippen molar-refractivity contribution in [2.75, 3.05) is 17.2 Å². The lowest BCUT2D eigenvalue weighted by atomic mass is 10.1.